The first-order valence-electron chi connectivity index (χ1n) is 6.46. The van der Waals surface area contributed by atoms with E-state index in [1.54, 1.807) is 12.1 Å². The van der Waals surface area contributed by atoms with Crippen molar-refractivity contribution >= 4 is 16.0 Å². The van der Waals surface area contributed by atoms with E-state index in [9.17, 15) is 13.2 Å². The van der Waals surface area contributed by atoms with Crippen LogP contribution < -0.4 is 0 Å². The van der Waals surface area contributed by atoms with Crippen molar-refractivity contribution in [3.8, 4) is 0 Å². The number of carbonyl (C=O) groups excluding carboxylic acids is 1. The normalized spacial score (nSPS) is 13.2. The monoisotopic (exact) mass is 299 g/mol. The maximum Gasteiger partial charge on any atom is 0.321 e. The molecule has 1 rings (SSSR count). The van der Waals surface area contributed by atoms with Gasteiger partial charge in [0.15, 0.2) is 0 Å². The molecule has 0 amide bonds. The van der Waals surface area contributed by atoms with Gasteiger partial charge in [0.25, 0.3) is 0 Å². The maximum absolute atomic E-state index is 12.3. The van der Waals surface area contributed by atoms with Gasteiger partial charge in [0.05, 0.1) is 12.0 Å². The number of ether oxygens (including phenoxy) is 1. The molecule has 0 fully saturated rings. The summed E-state index contributed by atoms with van der Waals surface area (Å²) in [5.41, 5.74) is 1.10. The number of nitrogens with zero attached hydrogens (tertiary/aromatic N) is 1. The molecule has 0 aliphatic rings. The van der Waals surface area contributed by atoms with E-state index in [0.717, 1.165) is 16.3 Å². The predicted octanol–water partition coefficient (Wildman–Crippen LogP) is 1.99. The van der Waals surface area contributed by atoms with Gasteiger partial charge in [-0.1, -0.05) is 26.0 Å². The average molecular weight is 299 g/mol. The van der Waals surface area contributed by atoms with Gasteiger partial charge in [0.1, 0.15) is 6.54 Å². The molecule has 1 aromatic carbocycles. The van der Waals surface area contributed by atoms with E-state index >= 15 is 0 Å². The molecule has 0 saturated heterocycles. The van der Waals surface area contributed by atoms with Gasteiger partial charge in [-0.3, -0.25) is 4.79 Å². The molecule has 1 aromatic rings. The van der Waals surface area contributed by atoms with Crippen molar-refractivity contribution in [1.29, 1.82) is 0 Å². The van der Waals surface area contributed by atoms with E-state index in [0.29, 0.717) is 5.92 Å². The van der Waals surface area contributed by atoms with E-state index in [2.05, 4.69) is 18.6 Å². The molecule has 5 nitrogen and oxygen atoms in total. The Hall–Kier alpha value is -1.40. The standard InChI is InChI=1S/C14H21NO4S/c1-5-11(2)12-6-8-13(9-7-12)20(17,18)15(3)10-14(16)19-4/h6-9,11H,5,10H2,1-4H3. The maximum atomic E-state index is 12.3. The van der Waals surface area contributed by atoms with Crippen molar-refractivity contribution in [2.24, 2.45) is 0 Å². The number of carbonyl (C=O) groups is 1. The van der Waals surface area contributed by atoms with Gasteiger partial charge in [-0.2, -0.15) is 4.31 Å². The Labute approximate surface area is 120 Å². The van der Waals surface area contributed by atoms with Crippen LogP contribution in [0.3, 0.4) is 0 Å². The Morgan fingerprint density at radius 3 is 2.30 bits per heavy atom. The zero-order valence-corrected chi connectivity index (χ0v) is 13.1. The summed E-state index contributed by atoms with van der Waals surface area (Å²) in [7, 11) is -1.08. The van der Waals surface area contributed by atoms with Gasteiger partial charge in [-0.05, 0) is 30.0 Å². The number of hydrogen-bond acceptors (Lipinski definition) is 4. The molecule has 0 aromatic heterocycles. The highest BCUT2D eigenvalue weighted by molar-refractivity contribution is 7.89. The van der Waals surface area contributed by atoms with E-state index < -0.39 is 16.0 Å². The van der Waals surface area contributed by atoms with Crippen molar-refractivity contribution in [2.45, 2.75) is 31.1 Å². The summed E-state index contributed by atoms with van der Waals surface area (Å²) in [6.07, 6.45) is 0.994. The van der Waals surface area contributed by atoms with Crippen molar-refractivity contribution in [1.82, 2.24) is 4.31 Å². The summed E-state index contributed by atoms with van der Waals surface area (Å²) >= 11 is 0. The van der Waals surface area contributed by atoms with Gasteiger partial charge >= 0.3 is 5.97 Å². The number of likely N-dealkylation sites (N-methyl/N-ethyl adjacent to an activating group) is 1. The molecule has 0 aliphatic carbocycles. The van der Waals surface area contributed by atoms with Crippen molar-refractivity contribution in [2.75, 3.05) is 20.7 Å². The molecule has 0 radical (unpaired) electrons. The molecule has 6 heteroatoms. The van der Waals surface area contributed by atoms with Crippen LogP contribution in [0.4, 0.5) is 0 Å². The topological polar surface area (TPSA) is 63.7 Å². The largest absolute Gasteiger partial charge is 0.468 e. The third kappa shape index (κ3) is 3.80. The van der Waals surface area contributed by atoms with E-state index in [1.807, 2.05) is 12.1 Å². The molecule has 112 valence electrons. The van der Waals surface area contributed by atoms with Crippen LogP contribution in [0.15, 0.2) is 29.2 Å². The summed E-state index contributed by atoms with van der Waals surface area (Å²) in [6, 6.07) is 6.77. The van der Waals surface area contributed by atoms with Crippen LogP contribution >= 0.6 is 0 Å². The summed E-state index contributed by atoms with van der Waals surface area (Å²) in [5, 5.41) is 0. The van der Waals surface area contributed by atoms with Crippen LogP contribution in [0.5, 0.6) is 0 Å². The van der Waals surface area contributed by atoms with Gasteiger partial charge in [0, 0.05) is 7.05 Å². The second-order valence-corrected chi connectivity index (χ2v) is 6.76. The van der Waals surface area contributed by atoms with E-state index in [4.69, 9.17) is 0 Å². The fourth-order valence-electron chi connectivity index (χ4n) is 1.72. The van der Waals surface area contributed by atoms with Gasteiger partial charge in [0.2, 0.25) is 10.0 Å². The summed E-state index contributed by atoms with van der Waals surface area (Å²) in [6.45, 7) is 3.87. The molecule has 20 heavy (non-hydrogen) atoms. The number of methoxy groups -OCH3 is 1. The molecule has 0 bridgehead atoms. The van der Waals surface area contributed by atoms with Gasteiger partial charge in [-0.25, -0.2) is 8.42 Å². The van der Waals surface area contributed by atoms with Gasteiger partial charge < -0.3 is 4.74 Å². The Kier molecular flexibility index (Phi) is 5.71. The fraction of sp³-hybridized carbons (Fsp3) is 0.500. The third-order valence-corrected chi connectivity index (χ3v) is 5.17. The first-order valence-corrected chi connectivity index (χ1v) is 7.90. The lowest BCUT2D eigenvalue weighted by atomic mass is 9.99. The average Bonchev–Trinajstić information content (AvgIpc) is 2.46. The molecule has 0 N–H and O–H groups in total. The minimum absolute atomic E-state index is 0.177. The summed E-state index contributed by atoms with van der Waals surface area (Å²) in [5.74, 6) is -0.202. The molecular formula is C14H21NO4S. The number of esters is 1. The highest BCUT2D eigenvalue weighted by atomic mass is 32.2. The Morgan fingerprint density at radius 2 is 1.85 bits per heavy atom. The Bertz CT molecular complexity index is 551. The summed E-state index contributed by atoms with van der Waals surface area (Å²) < 4.78 is 30.0. The van der Waals surface area contributed by atoms with Crippen LogP contribution in [0.1, 0.15) is 31.7 Å². The van der Waals surface area contributed by atoms with E-state index in [1.165, 1.54) is 14.2 Å². The lowest BCUT2D eigenvalue weighted by molar-refractivity contribution is -0.140. The molecule has 0 spiro atoms. The second-order valence-electron chi connectivity index (χ2n) is 4.72. The molecule has 0 heterocycles. The SMILES string of the molecule is CCC(C)c1ccc(S(=O)(=O)N(C)CC(=O)OC)cc1. The van der Waals surface area contributed by atoms with Gasteiger partial charge in [-0.15, -0.1) is 0 Å². The van der Waals surface area contributed by atoms with Crippen LogP contribution in [0, 0.1) is 0 Å². The number of hydrogen-bond donors (Lipinski definition) is 0. The highest BCUT2D eigenvalue weighted by Gasteiger charge is 2.23. The van der Waals surface area contributed by atoms with Crippen molar-refractivity contribution < 1.29 is 17.9 Å². The molecule has 1 unspecified atom stereocenters. The van der Waals surface area contributed by atoms with Crippen molar-refractivity contribution in [3.05, 3.63) is 29.8 Å². The number of sulfonamides is 1. The van der Waals surface area contributed by atoms with Crippen LogP contribution in [0.25, 0.3) is 0 Å². The zero-order chi connectivity index (χ0) is 15.3. The third-order valence-electron chi connectivity index (χ3n) is 3.35. The Morgan fingerprint density at radius 1 is 1.30 bits per heavy atom. The first kappa shape index (κ1) is 16.7. The Balaban J connectivity index is 2.95. The molecule has 0 saturated carbocycles. The quantitative estimate of drug-likeness (QED) is 0.754. The first-order chi connectivity index (χ1) is 9.32. The lowest BCUT2D eigenvalue weighted by Crippen LogP contribution is -2.32. The van der Waals surface area contributed by atoms with Crippen LogP contribution in [-0.4, -0.2) is 39.4 Å². The molecular weight excluding hydrogens is 278 g/mol. The lowest BCUT2D eigenvalue weighted by Gasteiger charge is -2.16. The van der Waals surface area contributed by atoms with Crippen molar-refractivity contribution in [3.63, 3.8) is 0 Å². The second kappa shape index (κ2) is 6.85. The number of benzene rings is 1. The predicted molar refractivity (Wildman–Crippen MR) is 77.0 cm³/mol. The molecule has 1 atom stereocenters. The number of rotatable bonds is 6. The van der Waals surface area contributed by atoms with E-state index in [-0.39, 0.29) is 11.4 Å². The van der Waals surface area contributed by atoms with Crippen LogP contribution in [0.2, 0.25) is 0 Å². The smallest absolute Gasteiger partial charge is 0.321 e. The highest BCUT2D eigenvalue weighted by Crippen LogP contribution is 2.21. The molecule has 0 aliphatic heterocycles. The zero-order valence-electron chi connectivity index (χ0n) is 12.3. The fourth-order valence-corrected chi connectivity index (χ4v) is 2.83. The minimum atomic E-state index is -3.66. The minimum Gasteiger partial charge on any atom is -0.468 e. The summed E-state index contributed by atoms with van der Waals surface area (Å²) in [4.78, 5) is 11.3. The van der Waals surface area contributed by atoms with Crippen LogP contribution in [-0.2, 0) is 19.6 Å².